The molecular formula is C8H17NO2. The SMILES string of the molecule is COC(=O)CCC(N)C(C)C. The van der Waals surface area contributed by atoms with Gasteiger partial charge in [0.1, 0.15) is 0 Å². The van der Waals surface area contributed by atoms with Crippen LogP contribution >= 0.6 is 0 Å². The molecule has 0 spiro atoms. The molecule has 3 nitrogen and oxygen atoms in total. The van der Waals surface area contributed by atoms with Gasteiger partial charge in [0.05, 0.1) is 7.11 Å². The van der Waals surface area contributed by atoms with Crippen molar-refractivity contribution in [3.05, 3.63) is 0 Å². The highest BCUT2D eigenvalue weighted by Crippen LogP contribution is 2.05. The van der Waals surface area contributed by atoms with Crippen LogP contribution in [-0.2, 0) is 9.53 Å². The zero-order chi connectivity index (χ0) is 8.85. The van der Waals surface area contributed by atoms with Gasteiger partial charge in [-0.2, -0.15) is 0 Å². The first-order valence-corrected chi connectivity index (χ1v) is 3.90. The molecule has 2 N–H and O–H groups in total. The Kier molecular flexibility index (Phi) is 4.86. The standard InChI is InChI=1S/C8H17NO2/c1-6(2)7(9)4-5-8(10)11-3/h6-7H,4-5,9H2,1-3H3. The molecule has 66 valence electrons. The van der Waals surface area contributed by atoms with Crippen molar-refractivity contribution in [2.75, 3.05) is 7.11 Å². The van der Waals surface area contributed by atoms with Crippen LogP contribution in [0.5, 0.6) is 0 Å². The average molecular weight is 159 g/mol. The molecule has 1 atom stereocenters. The van der Waals surface area contributed by atoms with Crippen LogP contribution in [0.3, 0.4) is 0 Å². The fourth-order valence-corrected chi connectivity index (χ4v) is 0.720. The van der Waals surface area contributed by atoms with Crippen molar-refractivity contribution in [1.29, 1.82) is 0 Å². The highest BCUT2D eigenvalue weighted by atomic mass is 16.5. The van der Waals surface area contributed by atoms with E-state index in [0.717, 1.165) is 0 Å². The van der Waals surface area contributed by atoms with E-state index in [2.05, 4.69) is 4.74 Å². The molecule has 1 unspecified atom stereocenters. The Labute approximate surface area is 67.9 Å². The Hall–Kier alpha value is -0.570. The van der Waals surface area contributed by atoms with Crippen molar-refractivity contribution in [2.24, 2.45) is 11.7 Å². The highest BCUT2D eigenvalue weighted by molar-refractivity contribution is 5.69. The number of carbonyl (C=O) groups excluding carboxylic acids is 1. The van der Waals surface area contributed by atoms with Gasteiger partial charge in [-0.15, -0.1) is 0 Å². The van der Waals surface area contributed by atoms with Crippen LogP contribution in [0.25, 0.3) is 0 Å². The monoisotopic (exact) mass is 159 g/mol. The highest BCUT2D eigenvalue weighted by Gasteiger charge is 2.09. The second-order valence-corrected chi connectivity index (χ2v) is 3.02. The van der Waals surface area contributed by atoms with Gasteiger partial charge in [-0.3, -0.25) is 4.79 Å². The van der Waals surface area contributed by atoms with E-state index in [4.69, 9.17) is 5.73 Å². The van der Waals surface area contributed by atoms with Crippen LogP contribution in [0, 0.1) is 5.92 Å². The molecule has 0 aliphatic carbocycles. The molecule has 0 saturated heterocycles. The first-order chi connectivity index (χ1) is 5.07. The molecule has 0 rings (SSSR count). The molecule has 0 amide bonds. The minimum Gasteiger partial charge on any atom is -0.469 e. The third kappa shape index (κ3) is 4.79. The fraction of sp³-hybridized carbons (Fsp3) is 0.875. The van der Waals surface area contributed by atoms with E-state index in [-0.39, 0.29) is 12.0 Å². The molecular weight excluding hydrogens is 142 g/mol. The lowest BCUT2D eigenvalue weighted by Crippen LogP contribution is -2.27. The maximum absolute atomic E-state index is 10.7. The number of methoxy groups -OCH3 is 1. The molecule has 0 aliphatic rings. The molecule has 0 fully saturated rings. The molecule has 0 aromatic rings. The van der Waals surface area contributed by atoms with Crippen LogP contribution in [0.2, 0.25) is 0 Å². The Bertz CT molecular complexity index is 123. The molecule has 0 heterocycles. The quantitative estimate of drug-likeness (QED) is 0.621. The van der Waals surface area contributed by atoms with Crippen molar-refractivity contribution >= 4 is 5.97 Å². The molecule has 11 heavy (non-hydrogen) atoms. The molecule has 3 heteroatoms. The van der Waals surface area contributed by atoms with Crippen LogP contribution < -0.4 is 5.73 Å². The number of esters is 1. The van der Waals surface area contributed by atoms with Gasteiger partial charge in [0.25, 0.3) is 0 Å². The van der Waals surface area contributed by atoms with Crippen molar-refractivity contribution < 1.29 is 9.53 Å². The normalized spacial score (nSPS) is 13.2. The van der Waals surface area contributed by atoms with Crippen LogP contribution in [-0.4, -0.2) is 19.1 Å². The number of rotatable bonds is 4. The number of carbonyl (C=O) groups is 1. The second-order valence-electron chi connectivity index (χ2n) is 3.02. The van der Waals surface area contributed by atoms with Gasteiger partial charge in [0, 0.05) is 12.5 Å². The van der Waals surface area contributed by atoms with Gasteiger partial charge < -0.3 is 10.5 Å². The Morgan fingerprint density at radius 2 is 2.09 bits per heavy atom. The lowest BCUT2D eigenvalue weighted by Gasteiger charge is -2.13. The number of hydrogen-bond donors (Lipinski definition) is 1. The summed E-state index contributed by atoms with van der Waals surface area (Å²) >= 11 is 0. The average Bonchev–Trinajstić information content (AvgIpc) is 1.99. The van der Waals surface area contributed by atoms with E-state index >= 15 is 0 Å². The van der Waals surface area contributed by atoms with E-state index in [9.17, 15) is 4.79 Å². The van der Waals surface area contributed by atoms with Gasteiger partial charge in [0.15, 0.2) is 0 Å². The summed E-state index contributed by atoms with van der Waals surface area (Å²) in [7, 11) is 1.39. The molecule has 0 aromatic carbocycles. The van der Waals surface area contributed by atoms with Gasteiger partial charge >= 0.3 is 5.97 Å². The zero-order valence-corrected chi connectivity index (χ0v) is 7.46. The van der Waals surface area contributed by atoms with Crippen LogP contribution in [0.4, 0.5) is 0 Å². The van der Waals surface area contributed by atoms with E-state index in [1.54, 1.807) is 0 Å². The summed E-state index contributed by atoms with van der Waals surface area (Å²) < 4.78 is 4.49. The Morgan fingerprint density at radius 1 is 1.55 bits per heavy atom. The summed E-state index contributed by atoms with van der Waals surface area (Å²) in [4.78, 5) is 10.7. The van der Waals surface area contributed by atoms with E-state index in [0.29, 0.717) is 18.8 Å². The third-order valence-electron chi connectivity index (χ3n) is 1.77. The van der Waals surface area contributed by atoms with Crippen LogP contribution in [0.15, 0.2) is 0 Å². The molecule has 0 saturated carbocycles. The summed E-state index contributed by atoms with van der Waals surface area (Å²) in [6.07, 6.45) is 1.14. The van der Waals surface area contributed by atoms with Crippen LogP contribution in [0.1, 0.15) is 26.7 Å². The van der Waals surface area contributed by atoms with Crippen molar-refractivity contribution in [3.8, 4) is 0 Å². The predicted octanol–water partition coefficient (Wildman–Crippen LogP) is 0.923. The van der Waals surface area contributed by atoms with Gasteiger partial charge in [0.2, 0.25) is 0 Å². The zero-order valence-electron chi connectivity index (χ0n) is 7.46. The van der Waals surface area contributed by atoms with E-state index in [1.165, 1.54) is 7.11 Å². The first-order valence-electron chi connectivity index (χ1n) is 3.90. The first kappa shape index (κ1) is 10.4. The smallest absolute Gasteiger partial charge is 0.305 e. The second kappa shape index (κ2) is 5.13. The van der Waals surface area contributed by atoms with Crippen molar-refractivity contribution in [3.63, 3.8) is 0 Å². The summed E-state index contributed by atoms with van der Waals surface area (Å²) in [6, 6.07) is 0.106. The van der Waals surface area contributed by atoms with Crippen molar-refractivity contribution in [1.82, 2.24) is 0 Å². The van der Waals surface area contributed by atoms with Crippen molar-refractivity contribution in [2.45, 2.75) is 32.7 Å². The largest absolute Gasteiger partial charge is 0.469 e. The summed E-state index contributed by atoms with van der Waals surface area (Å²) in [5, 5.41) is 0. The molecule has 0 radical (unpaired) electrons. The number of ether oxygens (including phenoxy) is 1. The lowest BCUT2D eigenvalue weighted by atomic mass is 10.0. The lowest BCUT2D eigenvalue weighted by molar-refractivity contribution is -0.140. The summed E-state index contributed by atoms with van der Waals surface area (Å²) in [5.41, 5.74) is 5.71. The fourth-order valence-electron chi connectivity index (χ4n) is 0.720. The molecule has 0 bridgehead atoms. The summed E-state index contributed by atoms with van der Waals surface area (Å²) in [5.74, 6) is 0.251. The van der Waals surface area contributed by atoms with Gasteiger partial charge in [-0.05, 0) is 12.3 Å². The van der Waals surface area contributed by atoms with Gasteiger partial charge in [-0.1, -0.05) is 13.8 Å². The minimum atomic E-state index is -0.180. The molecule has 0 aromatic heterocycles. The maximum Gasteiger partial charge on any atom is 0.305 e. The molecule has 0 aliphatic heterocycles. The Balaban J connectivity index is 3.45. The minimum absolute atomic E-state index is 0.106. The number of hydrogen-bond acceptors (Lipinski definition) is 3. The maximum atomic E-state index is 10.7. The third-order valence-corrected chi connectivity index (χ3v) is 1.77. The number of nitrogens with two attached hydrogens (primary N) is 1. The Morgan fingerprint density at radius 3 is 2.45 bits per heavy atom. The van der Waals surface area contributed by atoms with Gasteiger partial charge in [-0.25, -0.2) is 0 Å². The summed E-state index contributed by atoms with van der Waals surface area (Å²) in [6.45, 7) is 4.09. The van der Waals surface area contributed by atoms with E-state index in [1.807, 2.05) is 13.8 Å². The predicted molar refractivity (Wildman–Crippen MR) is 44.1 cm³/mol. The topological polar surface area (TPSA) is 52.3 Å². The van der Waals surface area contributed by atoms with E-state index < -0.39 is 0 Å².